The molecular weight excluding hydrogens is 340 g/mol. The zero-order valence-electron chi connectivity index (χ0n) is 15.5. The predicted molar refractivity (Wildman–Crippen MR) is 102 cm³/mol. The fourth-order valence-electron chi connectivity index (χ4n) is 2.73. The standard InChI is InChI=1S/C21H22N4O2/c1-15(2)11-21(27)19-7-3-6-18(24-19)20(26)9-8-16-12-23-25(14-16)17-5-4-10-22-13-17/h3-7,10,12-15H,8-9,11H2,1-2H3. The molecule has 0 aliphatic rings. The number of hydrogen-bond acceptors (Lipinski definition) is 5. The third-order valence-electron chi connectivity index (χ3n) is 4.10. The van der Waals surface area contributed by atoms with Gasteiger partial charge in [-0.1, -0.05) is 19.9 Å². The molecule has 3 aromatic rings. The topological polar surface area (TPSA) is 77.7 Å². The molecule has 3 aromatic heterocycles. The minimum Gasteiger partial charge on any atom is -0.292 e. The van der Waals surface area contributed by atoms with Gasteiger partial charge in [-0.3, -0.25) is 14.6 Å². The fourth-order valence-corrected chi connectivity index (χ4v) is 2.73. The normalized spacial score (nSPS) is 10.9. The Bertz CT molecular complexity index is 932. The zero-order valence-corrected chi connectivity index (χ0v) is 15.5. The average Bonchev–Trinajstić information content (AvgIpc) is 3.15. The molecule has 3 rings (SSSR count). The molecule has 0 atom stereocenters. The molecule has 0 saturated heterocycles. The maximum absolute atomic E-state index is 12.5. The lowest BCUT2D eigenvalue weighted by Gasteiger charge is -2.05. The summed E-state index contributed by atoms with van der Waals surface area (Å²) in [5, 5.41) is 4.31. The van der Waals surface area contributed by atoms with Crippen molar-refractivity contribution in [1.29, 1.82) is 0 Å². The Kier molecular flexibility index (Phi) is 5.86. The summed E-state index contributed by atoms with van der Waals surface area (Å²) >= 11 is 0. The van der Waals surface area contributed by atoms with Gasteiger partial charge in [0, 0.05) is 25.2 Å². The highest BCUT2D eigenvalue weighted by Gasteiger charge is 2.14. The van der Waals surface area contributed by atoms with E-state index in [4.69, 9.17) is 0 Å². The van der Waals surface area contributed by atoms with E-state index in [1.807, 2.05) is 32.2 Å². The van der Waals surface area contributed by atoms with Crippen LogP contribution in [-0.4, -0.2) is 31.3 Å². The first kappa shape index (κ1) is 18.6. The van der Waals surface area contributed by atoms with Crippen molar-refractivity contribution in [3.8, 4) is 5.69 Å². The monoisotopic (exact) mass is 362 g/mol. The lowest BCUT2D eigenvalue weighted by atomic mass is 10.0. The maximum atomic E-state index is 12.5. The summed E-state index contributed by atoms with van der Waals surface area (Å²) in [6, 6.07) is 8.80. The number of rotatable bonds is 8. The minimum atomic E-state index is -0.0803. The van der Waals surface area contributed by atoms with Gasteiger partial charge < -0.3 is 0 Å². The number of ketones is 2. The molecule has 0 spiro atoms. The van der Waals surface area contributed by atoms with E-state index in [2.05, 4.69) is 15.1 Å². The van der Waals surface area contributed by atoms with Gasteiger partial charge in [0.15, 0.2) is 11.6 Å². The van der Waals surface area contributed by atoms with Crippen LogP contribution in [0.2, 0.25) is 0 Å². The second-order valence-corrected chi connectivity index (χ2v) is 6.86. The Morgan fingerprint density at radius 1 is 1.04 bits per heavy atom. The van der Waals surface area contributed by atoms with Crippen LogP contribution < -0.4 is 0 Å². The summed E-state index contributed by atoms with van der Waals surface area (Å²) in [5.74, 6) is 0.149. The van der Waals surface area contributed by atoms with Crippen molar-refractivity contribution in [1.82, 2.24) is 19.7 Å². The third-order valence-corrected chi connectivity index (χ3v) is 4.10. The highest BCUT2D eigenvalue weighted by Crippen LogP contribution is 2.12. The van der Waals surface area contributed by atoms with E-state index in [0.29, 0.717) is 30.7 Å². The average molecular weight is 362 g/mol. The van der Waals surface area contributed by atoms with Crippen LogP contribution in [0.25, 0.3) is 5.69 Å². The molecule has 3 heterocycles. The molecule has 0 aromatic carbocycles. The maximum Gasteiger partial charge on any atom is 0.181 e. The molecule has 6 heteroatoms. The summed E-state index contributed by atoms with van der Waals surface area (Å²) in [4.78, 5) is 33.0. The van der Waals surface area contributed by atoms with Crippen LogP contribution in [0.3, 0.4) is 0 Å². The van der Waals surface area contributed by atoms with E-state index >= 15 is 0 Å². The van der Waals surface area contributed by atoms with Crippen molar-refractivity contribution in [2.75, 3.05) is 0 Å². The number of carbonyl (C=O) groups excluding carboxylic acids is 2. The Balaban J connectivity index is 1.63. The summed E-state index contributed by atoms with van der Waals surface area (Å²) in [7, 11) is 0. The van der Waals surface area contributed by atoms with Crippen molar-refractivity contribution in [2.24, 2.45) is 5.92 Å². The Labute approximate surface area is 158 Å². The zero-order chi connectivity index (χ0) is 19.2. The molecule has 0 unspecified atom stereocenters. The van der Waals surface area contributed by atoms with Crippen LogP contribution >= 0.6 is 0 Å². The van der Waals surface area contributed by atoms with E-state index in [-0.39, 0.29) is 17.5 Å². The van der Waals surface area contributed by atoms with Crippen LogP contribution in [-0.2, 0) is 6.42 Å². The van der Waals surface area contributed by atoms with Crippen LogP contribution in [0.1, 0.15) is 53.2 Å². The predicted octanol–water partition coefficient (Wildman–Crippen LogP) is 3.71. The van der Waals surface area contributed by atoms with Crippen LogP contribution in [0, 0.1) is 5.92 Å². The van der Waals surface area contributed by atoms with Gasteiger partial charge in [0.2, 0.25) is 0 Å². The Morgan fingerprint density at radius 2 is 1.81 bits per heavy atom. The van der Waals surface area contributed by atoms with E-state index in [1.165, 1.54) is 0 Å². The van der Waals surface area contributed by atoms with Crippen LogP contribution in [0.5, 0.6) is 0 Å². The lowest BCUT2D eigenvalue weighted by molar-refractivity contribution is 0.0962. The quantitative estimate of drug-likeness (QED) is 0.571. The van der Waals surface area contributed by atoms with Gasteiger partial charge in [0.05, 0.1) is 18.1 Å². The SMILES string of the molecule is CC(C)CC(=O)c1cccc(C(=O)CCc2cnn(-c3cccnc3)c2)n1. The second kappa shape index (κ2) is 8.49. The molecular formula is C21H22N4O2. The highest BCUT2D eigenvalue weighted by molar-refractivity contribution is 5.98. The number of carbonyl (C=O) groups is 2. The first-order chi connectivity index (χ1) is 13.0. The Morgan fingerprint density at radius 3 is 2.52 bits per heavy atom. The number of Topliss-reactive ketones (excluding diaryl/α,β-unsaturated/α-hetero) is 2. The summed E-state index contributed by atoms with van der Waals surface area (Å²) in [6.07, 6.45) is 8.37. The third kappa shape index (κ3) is 4.94. The summed E-state index contributed by atoms with van der Waals surface area (Å²) < 4.78 is 1.73. The number of aromatic nitrogens is 4. The van der Waals surface area contributed by atoms with Gasteiger partial charge in [-0.05, 0) is 42.2 Å². The van der Waals surface area contributed by atoms with Crippen molar-refractivity contribution in [3.63, 3.8) is 0 Å². The van der Waals surface area contributed by atoms with Crippen molar-refractivity contribution in [3.05, 3.63) is 72.1 Å². The second-order valence-electron chi connectivity index (χ2n) is 6.86. The molecule has 0 amide bonds. The van der Waals surface area contributed by atoms with E-state index in [0.717, 1.165) is 11.3 Å². The number of nitrogens with zero attached hydrogens (tertiary/aromatic N) is 4. The molecule has 0 fully saturated rings. The summed E-state index contributed by atoms with van der Waals surface area (Å²) in [6.45, 7) is 3.97. The van der Waals surface area contributed by atoms with Gasteiger partial charge >= 0.3 is 0 Å². The first-order valence-electron chi connectivity index (χ1n) is 9.00. The lowest BCUT2D eigenvalue weighted by Crippen LogP contribution is -2.10. The van der Waals surface area contributed by atoms with E-state index in [1.54, 1.807) is 41.5 Å². The number of pyridine rings is 2. The van der Waals surface area contributed by atoms with E-state index < -0.39 is 0 Å². The largest absolute Gasteiger partial charge is 0.292 e. The minimum absolute atomic E-state index is 0.0302. The Hall–Kier alpha value is -3.15. The molecule has 0 aliphatic heterocycles. The molecule has 0 N–H and O–H groups in total. The van der Waals surface area contributed by atoms with Gasteiger partial charge in [0.1, 0.15) is 11.4 Å². The van der Waals surface area contributed by atoms with Gasteiger partial charge in [0.25, 0.3) is 0 Å². The molecule has 27 heavy (non-hydrogen) atoms. The highest BCUT2D eigenvalue weighted by atomic mass is 16.1. The van der Waals surface area contributed by atoms with E-state index in [9.17, 15) is 9.59 Å². The van der Waals surface area contributed by atoms with Gasteiger partial charge in [-0.25, -0.2) is 9.67 Å². The fraction of sp³-hybridized carbons (Fsp3) is 0.286. The molecule has 0 saturated carbocycles. The van der Waals surface area contributed by atoms with Crippen molar-refractivity contribution >= 4 is 11.6 Å². The smallest absolute Gasteiger partial charge is 0.181 e. The van der Waals surface area contributed by atoms with Gasteiger partial charge in [-0.15, -0.1) is 0 Å². The summed E-state index contributed by atoms with van der Waals surface area (Å²) in [5.41, 5.74) is 2.52. The van der Waals surface area contributed by atoms with Gasteiger partial charge in [-0.2, -0.15) is 5.10 Å². The molecule has 0 aliphatic carbocycles. The van der Waals surface area contributed by atoms with Crippen LogP contribution in [0.4, 0.5) is 0 Å². The first-order valence-corrected chi connectivity index (χ1v) is 9.00. The molecule has 138 valence electrons. The van der Waals surface area contributed by atoms with Crippen molar-refractivity contribution < 1.29 is 9.59 Å². The molecule has 0 bridgehead atoms. The number of hydrogen-bond donors (Lipinski definition) is 0. The molecule has 0 radical (unpaired) electrons. The number of aryl methyl sites for hydroxylation is 1. The molecule has 6 nitrogen and oxygen atoms in total. The van der Waals surface area contributed by atoms with Crippen molar-refractivity contribution in [2.45, 2.75) is 33.1 Å². The van der Waals surface area contributed by atoms with Crippen LogP contribution in [0.15, 0.2) is 55.1 Å².